The molecule has 1 unspecified atom stereocenters. The smallest absolute Gasteiger partial charge is 0.191 e. The van der Waals surface area contributed by atoms with Crippen LogP contribution in [0.1, 0.15) is 18.0 Å². The van der Waals surface area contributed by atoms with Gasteiger partial charge in [-0.1, -0.05) is 30.3 Å². The van der Waals surface area contributed by atoms with Gasteiger partial charge in [0.2, 0.25) is 0 Å². The van der Waals surface area contributed by atoms with E-state index < -0.39 is 0 Å². The molecule has 98 valence electrons. The van der Waals surface area contributed by atoms with E-state index in [1.807, 2.05) is 0 Å². The summed E-state index contributed by atoms with van der Waals surface area (Å²) in [5.41, 5.74) is 1.33. The van der Waals surface area contributed by atoms with Crippen LogP contribution < -0.4 is 10.6 Å². The number of hydrogen-bond acceptors (Lipinski definition) is 4. The molecule has 2 rings (SSSR count). The molecule has 0 saturated carbocycles. The second-order valence-corrected chi connectivity index (χ2v) is 4.78. The van der Waals surface area contributed by atoms with Gasteiger partial charge in [0.1, 0.15) is 0 Å². The van der Waals surface area contributed by atoms with Crippen LogP contribution in [0.3, 0.4) is 0 Å². The first-order valence-electron chi connectivity index (χ1n) is 6.51. The van der Waals surface area contributed by atoms with Gasteiger partial charge in [-0.05, 0) is 26.1 Å². The van der Waals surface area contributed by atoms with E-state index in [0.29, 0.717) is 6.04 Å². The van der Waals surface area contributed by atoms with Crippen molar-refractivity contribution in [3.63, 3.8) is 0 Å². The lowest BCUT2D eigenvalue weighted by atomic mass is 10.1. The van der Waals surface area contributed by atoms with Crippen LogP contribution in [0.15, 0.2) is 35.3 Å². The minimum Gasteiger partial charge on any atom is -0.356 e. The number of likely N-dealkylation sites (N-methyl/N-ethyl adjacent to an activating group) is 1. The van der Waals surface area contributed by atoms with Gasteiger partial charge in [-0.15, -0.1) is 0 Å². The summed E-state index contributed by atoms with van der Waals surface area (Å²) < 4.78 is 0. The molecule has 1 aromatic rings. The summed E-state index contributed by atoms with van der Waals surface area (Å²) in [6.45, 7) is 2.81. The number of nitrogens with one attached hydrogen (secondary N) is 2. The number of benzene rings is 1. The minimum atomic E-state index is 0.359. The highest BCUT2D eigenvalue weighted by molar-refractivity contribution is 5.80. The van der Waals surface area contributed by atoms with Crippen LogP contribution in [-0.2, 0) is 0 Å². The maximum atomic E-state index is 4.43. The van der Waals surface area contributed by atoms with Crippen molar-refractivity contribution >= 4 is 5.96 Å². The molecule has 0 bridgehead atoms. The van der Waals surface area contributed by atoms with E-state index in [1.54, 1.807) is 0 Å². The van der Waals surface area contributed by atoms with Crippen molar-refractivity contribution in [3.05, 3.63) is 35.9 Å². The van der Waals surface area contributed by atoms with E-state index >= 15 is 0 Å². The van der Waals surface area contributed by atoms with Crippen molar-refractivity contribution in [1.29, 1.82) is 0 Å². The van der Waals surface area contributed by atoms with Crippen molar-refractivity contribution in [2.45, 2.75) is 12.5 Å². The Bertz CT molecular complexity index is 386. The van der Waals surface area contributed by atoms with Crippen molar-refractivity contribution < 1.29 is 0 Å². The van der Waals surface area contributed by atoms with Gasteiger partial charge >= 0.3 is 0 Å². The zero-order valence-corrected chi connectivity index (χ0v) is 11.2. The second kappa shape index (κ2) is 6.40. The molecule has 1 heterocycles. The molecule has 4 heteroatoms. The Morgan fingerprint density at radius 2 is 2.11 bits per heavy atom. The van der Waals surface area contributed by atoms with E-state index in [4.69, 9.17) is 0 Å². The standard InChI is InChI=1S/C14H22N4/c1-18(2)13(12-7-4-3-5-8-12)11-17-14-15-9-6-10-16-14/h3-5,7-8,13H,6,9-11H2,1-2H3,(H2,15,16,17). The van der Waals surface area contributed by atoms with Crippen LogP contribution in [0.2, 0.25) is 0 Å². The third kappa shape index (κ3) is 3.47. The van der Waals surface area contributed by atoms with Crippen LogP contribution in [0.5, 0.6) is 0 Å². The van der Waals surface area contributed by atoms with Crippen LogP contribution in [0, 0.1) is 0 Å². The van der Waals surface area contributed by atoms with Gasteiger partial charge in [-0.3, -0.25) is 4.99 Å². The number of rotatable bonds is 4. The first kappa shape index (κ1) is 12.9. The summed E-state index contributed by atoms with van der Waals surface area (Å²) >= 11 is 0. The van der Waals surface area contributed by atoms with Crippen LogP contribution in [-0.4, -0.2) is 44.6 Å². The number of nitrogens with zero attached hydrogens (tertiary/aromatic N) is 2. The van der Waals surface area contributed by atoms with Crippen molar-refractivity contribution in [3.8, 4) is 0 Å². The van der Waals surface area contributed by atoms with Crippen LogP contribution >= 0.6 is 0 Å². The van der Waals surface area contributed by atoms with Crippen molar-refractivity contribution in [2.75, 3.05) is 33.7 Å². The Morgan fingerprint density at radius 3 is 2.72 bits per heavy atom. The Labute approximate surface area is 109 Å². The summed E-state index contributed by atoms with van der Waals surface area (Å²) in [6.07, 6.45) is 1.13. The molecule has 1 aliphatic rings. The zero-order valence-electron chi connectivity index (χ0n) is 11.2. The van der Waals surface area contributed by atoms with Crippen LogP contribution in [0.25, 0.3) is 0 Å². The molecule has 4 nitrogen and oxygen atoms in total. The van der Waals surface area contributed by atoms with E-state index in [1.165, 1.54) is 5.56 Å². The fourth-order valence-electron chi connectivity index (χ4n) is 2.12. The van der Waals surface area contributed by atoms with Gasteiger partial charge in [0, 0.05) is 19.6 Å². The molecular weight excluding hydrogens is 224 g/mol. The molecule has 18 heavy (non-hydrogen) atoms. The summed E-state index contributed by atoms with van der Waals surface area (Å²) in [5, 5.41) is 6.68. The maximum absolute atomic E-state index is 4.43. The lowest BCUT2D eigenvalue weighted by molar-refractivity contribution is 0.298. The third-order valence-electron chi connectivity index (χ3n) is 3.17. The fourth-order valence-corrected chi connectivity index (χ4v) is 2.12. The molecule has 0 aromatic heterocycles. The summed E-state index contributed by atoms with van der Waals surface area (Å²) in [7, 11) is 4.21. The molecule has 1 aliphatic heterocycles. The average molecular weight is 246 g/mol. The molecule has 0 fully saturated rings. The van der Waals surface area contributed by atoms with Gasteiger partial charge in [-0.25, -0.2) is 0 Å². The molecular formula is C14H22N4. The molecule has 2 N–H and O–H groups in total. The highest BCUT2D eigenvalue weighted by Crippen LogP contribution is 2.16. The zero-order chi connectivity index (χ0) is 12.8. The number of aliphatic imine (C=N–C) groups is 1. The second-order valence-electron chi connectivity index (χ2n) is 4.78. The van der Waals surface area contributed by atoms with Crippen LogP contribution in [0.4, 0.5) is 0 Å². The molecule has 0 saturated heterocycles. The molecule has 1 atom stereocenters. The Hall–Kier alpha value is -1.55. The molecule has 0 aliphatic carbocycles. The summed E-state index contributed by atoms with van der Waals surface area (Å²) in [6, 6.07) is 10.9. The largest absolute Gasteiger partial charge is 0.356 e. The summed E-state index contributed by atoms with van der Waals surface area (Å²) in [5.74, 6) is 0.934. The fraction of sp³-hybridized carbons (Fsp3) is 0.500. The van der Waals surface area contributed by atoms with Crippen molar-refractivity contribution in [2.24, 2.45) is 4.99 Å². The molecule has 1 aromatic carbocycles. The molecule has 0 radical (unpaired) electrons. The lowest BCUT2D eigenvalue weighted by Gasteiger charge is -2.26. The van der Waals surface area contributed by atoms with Gasteiger partial charge in [0.25, 0.3) is 0 Å². The Kier molecular flexibility index (Phi) is 4.59. The predicted molar refractivity (Wildman–Crippen MR) is 75.8 cm³/mol. The first-order chi connectivity index (χ1) is 8.77. The highest BCUT2D eigenvalue weighted by atomic mass is 15.2. The average Bonchev–Trinajstić information content (AvgIpc) is 2.41. The monoisotopic (exact) mass is 246 g/mol. The predicted octanol–water partition coefficient (Wildman–Crippen LogP) is 1.23. The van der Waals surface area contributed by atoms with E-state index in [0.717, 1.165) is 32.0 Å². The van der Waals surface area contributed by atoms with Gasteiger partial charge < -0.3 is 15.5 Å². The SMILES string of the molecule is CN(C)C(CNC1=NCCCN1)c1ccccc1. The lowest BCUT2D eigenvalue weighted by Crippen LogP contribution is -2.44. The first-order valence-corrected chi connectivity index (χ1v) is 6.51. The van der Waals surface area contributed by atoms with Crippen molar-refractivity contribution in [1.82, 2.24) is 15.5 Å². The van der Waals surface area contributed by atoms with E-state index in [9.17, 15) is 0 Å². The number of hydrogen-bond donors (Lipinski definition) is 2. The van der Waals surface area contributed by atoms with Gasteiger partial charge in [0.15, 0.2) is 5.96 Å². The highest BCUT2D eigenvalue weighted by Gasteiger charge is 2.14. The third-order valence-corrected chi connectivity index (χ3v) is 3.17. The van der Waals surface area contributed by atoms with Gasteiger partial charge in [-0.2, -0.15) is 0 Å². The Balaban J connectivity index is 1.97. The topological polar surface area (TPSA) is 39.7 Å². The maximum Gasteiger partial charge on any atom is 0.191 e. The quantitative estimate of drug-likeness (QED) is 0.839. The minimum absolute atomic E-state index is 0.359. The van der Waals surface area contributed by atoms with Gasteiger partial charge in [0.05, 0.1) is 6.04 Å². The summed E-state index contributed by atoms with van der Waals surface area (Å²) in [4.78, 5) is 6.66. The normalized spacial score (nSPS) is 16.9. The molecule has 0 amide bonds. The number of guanidine groups is 1. The van der Waals surface area contributed by atoms with E-state index in [-0.39, 0.29) is 0 Å². The molecule has 0 spiro atoms. The Morgan fingerprint density at radius 1 is 1.33 bits per heavy atom. The van der Waals surface area contributed by atoms with E-state index in [2.05, 4.69) is 65.0 Å².